The van der Waals surface area contributed by atoms with Crippen LogP contribution < -0.4 is 10.6 Å². The molecule has 5 heteroatoms. The Balaban J connectivity index is 1.65. The molecule has 3 rings (SSSR count). The van der Waals surface area contributed by atoms with Gasteiger partial charge in [-0.15, -0.1) is 0 Å². The molecule has 0 radical (unpaired) electrons. The smallest absolute Gasteiger partial charge is 0.245 e. The van der Waals surface area contributed by atoms with Crippen LogP contribution in [0, 0.1) is 5.92 Å². The van der Waals surface area contributed by atoms with E-state index in [4.69, 9.17) is 0 Å². The third-order valence-electron chi connectivity index (χ3n) is 5.57. The molecule has 1 saturated heterocycles. The number of hydrogen-bond donors (Lipinski definition) is 2. The van der Waals surface area contributed by atoms with E-state index < -0.39 is 6.04 Å². The van der Waals surface area contributed by atoms with Gasteiger partial charge in [0, 0.05) is 19.1 Å². The summed E-state index contributed by atoms with van der Waals surface area (Å²) in [6.45, 7) is 5.44. The third kappa shape index (κ3) is 4.90. The van der Waals surface area contributed by atoms with Crippen LogP contribution in [-0.2, 0) is 16.0 Å². The van der Waals surface area contributed by atoms with Gasteiger partial charge in [0.1, 0.15) is 6.04 Å². The first kappa shape index (κ1) is 20.3. The molecular formula is C23H31N3O2. The predicted octanol–water partition coefficient (Wildman–Crippen LogP) is 2.73. The number of likely N-dealkylation sites (tertiary alicyclic amines) is 1. The fourth-order valence-corrected chi connectivity index (χ4v) is 3.88. The summed E-state index contributed by atoms with van der Waals surface area (Å²) in [6.07, 6.45) is 2.36. The van der Waals surface area contributed by atoms with E-state index in [1.54, 1.807) is 0 Å². The van der Waals surface area contributed by atoms with E-state index >= 15 is 0 Å². The van der Waals surface area contributed by atoms with Crippen LogP contribution in [0.1, 0.15) is 32.3 Å². The number of benzene rings is 2. The molecule has 1 heterocycles. The molecule has 2 amide bonds. The molecule has 150 valence electrons. The highest BCUT2D eigenvalue weighted by molar-refractivity contribution is 5.90. The molecule has 0 saturated carbocycles. The van der Waals surface area contributed by atoms with Gasteiger partial charge in [0.2, 0.25) is 11.8 Å². The number of nitrogens with zero attached hydrogens (tertiary/aromatic N) is 1. The number of piperidine rings is 1. The Labute approximate surface area is 167 Å². The Morgan fingerprint density at radius 3 is 2.61 bits per heavy atom. The lowest BCUT2D eigenvalue weighted by atomic mass is 9.99. The molecule has 1 aliphatic rings. The number of likely N-dealkylation sites (N-methyl/N-ethyl adjacent to an activating group) is 1. The Morgan fingerprint density at radius 1 is 1.14 bits per heavy atom. The summed E-state index contributed by atoms with van der Waals surface area (Å²) in [4.78, 5) is 27.6. The van der Waals surface area contributed by atoms with Crippen LogP contribution in [-0.4, -0.2) is 48.9 Å². The van der Waals surface area contributed by atoms with E-state index in [0.29, 0.717) is 12.6 Å². The highest BCUT2D eigenvalue weighted by atomic mass is 16.2. The van der Waals surface area contributed by atoms with Crippen molar-refractivity contribution in [3.05, 3.63) is 48.0 Å². The minimum absolute atomic E-state index is 0.0295. The largest absolute Gasteiger partial charge is 0.344 e. The molecule has 28 heavy (non-hydrogen) atoms. The van der Waals surface area contributed by atoms with Gasteiger partial charge in [-0.25, -0.2) is 0 Å². The summed E-state index contributed by atoms with van der Waals surface area (Å²) in [5.41, 5.74) is 0.958. The van der Waals surface area contributed by atoms with Crippen LogP contribution in [0.25, 0.3) is 10.8 Å². The second-order valence-corrected chi connectivity index (χ2v) is 8.06. The van der Waals surface area contributed by atoms with Gasteiger partial charge in [-0.3, -0.25) is 9.59 Å². The number of nitrogens with one attached hydrogen (secondary N) is 2. The Kier molecular flexibility index (Phi) is 6.68. The monoisotopic (exact) mass is 381 g/mol. The van der Waals surface area contributed by atoms with Crippen LogP contribution >= 0.6 is 0 Å². The maximum absolute atomic E-state index is 13.0. The number of rotatable bonds is 6. The van der Waals surface area contributed by atoms with Crippen LogP contribution in [0.3, 0.4) is 0 Å². The van der Waals surface area contributed by atoms with Crippen molar-refractivity contribution in [2.75, 3.05) is 20.1 Å². The van der Waals surface area contributed by atoms with Crippen molar-refractivity contribution in [2.45, 2.75) is 45.2 Å². The molecule has 2 aromatic carbocycles. The van der Waals surface area contributed by atoms with Crippen LogP contribution in [0.15, 0.2) is 42.5 Å². The number of amides is 2. The summed E-state index contributed by atoms with van der Waals surface area (Å²) in [5.74, 6) is -0.0330. The number of carbonyl (C=O) groups is 2. The van der Waals surface area contributed by atoms with Crippen molar-refractivity contribution >= 4 is 22.6 Å². The minimum Gasteiger partial charge on any atom is -0.344 e. The van der Waals surface area contributed by atoms with Crippen LogP contribution in [0.2, 0.25) is 0 Å². The molecule has 0 aliphatic carbocycles. The molecular weight excluding hydrogens is 350 g/mol. The molecule has 2 N–H and O–H groups in total. The molecule has 2 aromatic rings. The van der Waals surface area contributed by atoms with Crippen molar-refractivity contribution in [3.63, 3.8) is 0 Å². The third-order valence-corrected chi connectivity index (χ3v) is 5.57. The van der Waals surface area contributed by atoms with Crippen molar-refractivity contribution in [1.29, 1.82) is 0 Å². The quantitative estimate of drug-likeness (QED) is 0.809. The molecule has 0 aromatic heterocycles. The van der Waals surface area contributed by atoms with Gasteiger partial charge in [0.05, 0.1) is 6.42 Å². The maximum Gasteiger partial charge on any atom is 0.245 e. The number of hydrogen-bond acceptors (Lipinski definition) is 3. The van der Waals surface area contributed by atoms with Crippen molar-refractivity contribution in [1.82, 2.24) is 15.5 Å². The summed E-state index contributed by atoms with van der Waals surface area (Å²) in [7, 11) is 1.93. The summed E-state index contributed by atoms with van der Waals surface area (Å²) in [6, 6.07) is 14.0. The van der Waals surface area contributed by atoms with Crippen LogP contribution in [0.4, 0.5) is 0 Å². The predicted molar refractivity (Wildman–Crippen MR) is 113 cm³/mol. The van der Waals surface area contributed by atoms with Gasteiger partial charge < -0.3 is 15.5 Å². The zero-order chi connectivity index (χ0) is 20.1. The van der Waals surface area contributed by atoms with Gasteiger partial charge in [-0.2, -0.15) is 0 Å². The van der Waals surface area contributed by atoms with E-state index in [9.17, 15) is 9.59 Å². The molecule has 0 spiro atoms. The fourth-order valence-electron chi connectivity index (χ4n) is 3.88. The standard InChI is InChI=1S/C23H31N3O2/c1-16(2)22(23(28)26-12-6-9-20(15-26)24-3)25-21(27)14-17-10-11-18-7-4-5-8-19(18)13-17/h4-5,7-8,10-11,13,16,20,22,24H,6,9,12,14-15H2,1-3H3,(H,25,27). The highest BCUT2D eigenvalue weighted by Crippen LogP contribution is 2.17. The zero-order valence-corrected chi connectivity index (χ0v) is 17.1. The lowest BCUT2D eigenvalue weighted by molar-refractivity contribution is -0.138. The first-order valence-electron chi connectivity index (χ1n) is 10.2. The Hall–Kier alpha value is -2.40. The van der Waals surface area contributed by atoms with Crippen molar-refractivity contribution in [2.24, 2.45) is 5.92 Å². The van der Waals surface area contributed by atoms with E-state index in [-0.39, 0.29) is 24.2 Å². The molecule has 2 atom stereocenters. The summed E-state index contributed by atoms with van der Waals surface area (Å²) in [5, 5.41) is 8.54. The number of carbonyl (C=O) groups excluding carboxylic acids is 2. The van der Waals surface area contributed by atoms with Gasteiger partial charge in [-0.05, 0) is 42.1 Å². The second kappa shape index (κ2) is 9.20. The van der Waals surface area contributed by atoms with Gasteiger partial charge in [0.15, 0.2) is 0 Å². The lowest BCUT2D eigenvalue weighted by Gasteiger charge is -2.36. The SMILES string of the molecule is CNC1CCCN(C(=O)C(NC(=O)Cc2ccc3ccccc3c2)C(C)C)C1. The zero-order valence-electron chi connectivity index (χ0n) is 17.1. The first-order chi connectivity index (χ1) is 13.5. The number of fused-ring (bicyclic) bond motifs is 1. The normalized spacial score (nSPS) is 18.3. The van der Waals surface area contributed by atoms with Gasteiger partial charge in [-0.1, -0.05) is 56.3 Å². The Morgan fingerprint density at radius 2 is 1.89 bits per heavy atom. The lowest BCUT2D eigenvalue weighted by Crippen LogP contribution is -2.55. The fraction of sp³-hybridized carbons (Fsp3) is 0.478. The molecule has 0 bridgehead atoms. The molecule has 5 nitrogen and oxygen atoms in total. The van der Waals surface area contributed by atoms with Crippen LogP contribution in [0.5, 0.6) is 0 Å². The second-order valence-electron chi connectivity index (χ2n) is 8.06. The van der Waals surface area contributed by atoms with Gasteiger partial charge >= 0.3 is 0 Å². The maximum atomic E-state index is 13.0. The highest BCUT2D eigenvalue weighted by Gasteiger charge is 2.31. The first-order valence-corrected chi connectivity index (χ1v) is 10.2. The molecule has 1 fully saturated rings. The topological polar surface area (TPSA) is 61.4 Å². The summed E-state index contributed by atoms with van der Waals surface area (Å²) < 4.78 is 0. The molecule has 1 aliphatic heterocycles. The molecule has 2 unspecified atom stereocenters. The minimum atomic E-state index is -0.483. The summed E-state index contributed by atoms with van der Waals surface area (Å²) >= 11 is 0. The average molecular weight is 382 g/mol. The van der Waals surface area contributed by atoms with Crippen molar-refractivity contribution < 1.29 is 9.59 Å². The van der Waals surface area contributed by atoms with E-state index in [2.05, 4.69) is 16.7 Å². The average Bonchev–Trinajstić information content (AvgIpc) is 2.71. The van der Waals surface area contributed by atoms with Gasteiger partial charge in [0.25, 0.3) is 0 Å². The van der Waals surface area contributed by atoms with E-state index in [1.165, 1.54) is 0 Å². The van der Waals surface area contributed by atoms with E-state index in [0.717, 1.165) is 35.7 Å². The van der Waals surface area contributed by atoms with E-state index in [1.807, 2.05) is 62.2 Å². The van der Waals surface area contributed by atoms with Crippen molar-refractivity contribution in [3.8, 4) is 0 Å². The Bertz CT molecular complexity index is 833.